The van der Waals surface area contributed by atoms with Gasteiger partial charge in [-0.1, -0.05) is 6.92 Å². The molecule has 1 aromatic carbocycles. The molecule has 0 aliphatic rings. The molecule has 5 heteroatoms. The highest BCUT2D eigenvalue weighted by atomic mass is 79.9. The molecular weight excluding hydrogens is 279 g/mol. The maximum atomic E-state index is 13.1. The largest absolute Gasteiger partial charge is 0.507 e. The van der Waals surface area contributed by atoms with Crippen molar-refractivity contribution >= 4 is 27.5 Å². The van der Waals surface area contributed by atoms with Gasteiger partial charge in [0.2, 0.25) is 0 Å². The fraction of sp³-hybridized carbons (Fsp3) is 0.273. The molecule has 0 aliphatic heterocycles. The summed E-state index contributed by atoms with van der Waals surface area (Å²) >= 11 is 2.88. The summed E-state index contributed by atoms with van der Waals surface area (Å²) in [5.41, 5.74) is -0.164. The number of phenolic OH excluding ortho intramolecular Hbond substituents is 1. The molecule has 0 aliphatic carbocycles. The highest BCUT2D eigenvalue weighted by Gasteiger charge is 2.16. The normalized spacial score (nSPS) is 10.2. The Balaban J connectivity index is 3.00. The van der Waals surface area contributed by atoms with Gasteiger partial charge in [-0.2, -0.15) is 0 Å². The first-order chi connectivity index (χ1) is 7.45. The summed E-state index contributed by atoms with van der Waals surface area (Å²) in [6, 6.07) is 2.02. The molecule has 0 saturated carbocycles. The third-order valence-corrected chi connectivity index (χ3v) is 2.70. The number of hydrogen-bond donors (Lipinski definition) is 1. The Kier molecular flexibility index (Phi) is 4.18. The SMILES string of the molecule is CCC(=O)CC(=O)c1cc(F)c(Br)cc1O. The molecule has 0 fully saturated rings. The minimum atomic E-state index is -0.648. The Labute approximate surface area is 100 Å². The zero-order valence-corrected chi connectivity index (χ0v) is 10.2. The number of halogens is 2. The predicted molar refractivity (Wildman–Crippen MR) is 60.0 cm³/mol. The Morgan fingerprint density at radius 2 is 2.06 bits per heavy atom. The summed E-state index contributed by atoms with van der Waals surface area (Å²) in [6.45, 7) is 1.64. The van der Waals surface area contributed by atoms with Crippen LogP contribution in [0.3, 0.4) is 0 Å². The van der Waals surface area contributed by atoms with Crippen LogP contribution in [-0.4, -0.2) is 16.7 Å². The molecule has 1 rings (SSSR count). The van der Waals surface area contributed by atoms with E-state index in [1.807, 2.05) is 0 Å². The van der Waals surface area contributed by atoms with Gasteiger partial charge in [0.05, 0.1) is 16.5 Å². The van der Waals surface area contributed by atoms with E-state index in [0.717, 1.165) is 12.1 Å². The van der Waals surface area contributed by atoms with E-state index in [0.29, 0.717) is 0 Å². The van der Waals surface area contributed by atoms with E-state index in [1.165, 1.54) is 0 Å². The van der Waals surface area contributed by atoms with E-state index in [4.69, 9.17) is 0 Å². The monoisotopic (exact) mass is 288 g/mol. The van der Waals surface area contributed by atoms with E-state index in [9.17, 15) is 19.1 Å². The Morgan fingerprint density at radius 3 is 2.62 bits per heavy atom. The van der Waals surface area contributed by atoms with Gasteiger partial charge in [0.15, 0.2) is 5.78 Å². The summed E-state index contributed by atoms with van der Waals surface area (Å²) in [7, 11) is 0. The topological polar surface area (TPSA) is 54.4 Å². The number of Topliss-reactive ketones (excluding diaryl/α,β-unsaturated/α-hetero) is 2. The lowest BCUT2D eigenvalue weighted by atomic mass is 10.0. The van der Waals surface area contributed by atoms with Gasteiger partial charge in [-0.05, 0) is 28.1 Å². The highest BCUT2D eigenvalue weighted by molar-refractivity contribution is 9.10. The molecule has 1 N–H and O–H groups in total. The quantitative estimate of drug-likeness (QED) is 0.685. The summed E-state index contributed by atoms with van der Waals surface area (Å²) in [5, 5.41) is 9.44. The van der Waals surface area contributed by atoms with Crippen LogP contribution in [0.4, 0.5) is 4.39 Å². The summed E-state index contributed by atoms with van der Waals surface area (Å²) in [5.74, 6) is -1.80. The average Bonchev–Trinajstić information content (AvgIpc) is 2.23. The van der Waals surface area contributed by atoms with E-state index in [-0.39, 0.29) is 34.4 Å². The second kappa shape index (κ2) is 5.21. The molecule has 86 valence electrons. The van der Waals surface area contributed by atoms with Crippen LogP contribution in [0.15, 0.2) is 16.6 Å². The highest BCUT2D eigenvalue weighted by Crippen LogP contribution is 2.26. The maximum absolute atomic E-state index is 13.1. The summed E-state index contributed by atoms with van der Waals surface area (Å²) < 4.78 is 13.2. The van der Waals surface area contributed by atoms with Gasteiger partial charge in [0.1, 0.15) is 17.3 Å². The van der Waals surface area contributed by atoms with Gasteiger partial charge in [-0.25, -0.2) is 4.39 Å². The number of ketones is 2. The smallest absolute Gasteiger partial charge is 0.174 e. The zero-order valence-electron chi connectivity index (χ0n) is 8.59. The van der Waals surface area contributed by atoms with Crippen LogP contribution in [0, 0.1) is 5.82 Å². The Bertz CT molecular complexity index is 443. The fourth-order valence-electron chi connectivity index (χ4n) is 1.16. The first-order valence-electron chi connectivity index (χ1n) is 4.68. The van der Waals surface area contributed by atoms with E-state index in [1.54, 1.807) is 6.92 Å². The van der Waals surface area contributed by atoms with Crippen molar-refractivity contribution in [3.63, 3.8) is 0 Å². The Morgan fingerprint density at radius 1 is 1.44 bits per heavy atom. The van der Waals surface area contributed by atoms with Crippen molar-refractivity contribution < 1.29 is 19.1 Å². The molecule has 1 aromatic rings. The van der Waals surface area contributed by atoms with E-state index in [2.05, 4.69) is 15.9 Å². The molecular formula is C11H10BrFO3. The van der Waals surface area contributed by atoms with Gasteiger partial charge >= 0.3 is 0 Å². The summed E-state index contributed by atoms with van der Waals surface area (Å²) in [4.78, 5) is 22.6. The lowest BCUT2D eigenvalue weighted by molar-refractivity contribution is -0.117. The van der Waals surface area contributed by atoms with Gasteiger partial charge < -0.3 is 5.11 Å². The zero-order chi connectivity index (χ0) is 12.3. The molecule has 0 unspecified atom stereocenters. The standard InChI is InChI=1S/C11H10BrFO3/c1-2-6(14)3-10(15)7-4-9(13)8(12)5-11(7)16/h4-5,16H,2-3H2,1H3. The van der Waals surface area contributed by atoms with Gasteiger partial charge in [-0.3, -0.25) is 9.59 Å². The number of rotatable bonds is 4. The van der Waals surface area contributed by atoms with Crippen molar-refractivity contribution in [3.8, 4) is 5.75 Å². The van der Waals surface area contributed by atoms with Crippen LogP contribution in [-0.2, 0) is 4.79 Å². The molecule has 0 atom stereocenters. The van der Waals surface area contributed by atoms with Crippen molar-refractivity contribution in [2.45, 2.75) is 19.8 Å². The fourth-order valence-corrected chi connectivity index (χ4v) is 1.49. The van der Waals surface area contributed by atoms with Crippen molar-refractivity contribution in [2.24, 2.45) is 0 Å². The van der Waals surface area contributed by atoms with Crippen molar-refractivity contribution in [1.29, 1.82) is 0 Å². The molecule has 0 saturated heterocycles. The van der Waals surface area contributed by atoms with Crippen LogP contribution in [0.2, 0.25) is 0 Å². The second-order valence-electron chi connectivity index (χ2n) is 3.28. The molecule has 3 nitrogen and oxygen atoms in total. The van der Waals surface area contributed by atoms with Crippen molar-refractivity contribution in [1.82, 2.24) is 0 Å². The van der Waals surface area contributed by atoms with E-state index < -0.39 is 11.6 Å². The molecule has 0 amide bonds. The van der Waals surface area contributed by atoms with Crippen molar-refractivity contribution in [2.75, 3.05) is 0 Å². The van der Waals surface area contributed by atoms with Crippen LogP contribution < -0.4 is 0 Å². The van der Waals surface area contributed by atoms with Crippen LogP contribution in [0.5, 0.6) is 5.75 Å². The number of benzene rings is 1. The van der Waals surface area contributed by atoms with Crippen molar-refractivity contribution in [3.05, 3.63) is 28.0 Å². The molecule has 0 aromatic heterocycles. The molecule has 0 spiro atoms. The van der Waals surface area contributed by atoms with Gasteiger partial charge in [0.25, 0.3) is 0 Å². The van der Waals surface area contributed by atoms with Gasteiger partial charge in [0, 0.05) is 6.42 Å². The molecule has 16 heavy (non-hydrogen) atoms. The average molecular weight is 289 g/mol. The number of aromatic hydroxyl groups is 1. The molecule has 0 radical (unpaired) electrons. The van der Waals surface area contributed by atoms with E-state index >= 15 is 0 Å². The van der Waals surface area contributed by atoms with Crippen LogP contribution in [0.1, 0.15) is 30.1 Å². The van der Waals surface area contributed by atoms with Crippen LogP contribution in [0.25, 0.3) is 0 Å². The first-order valence-corrected chi connectivity index (χ1v) is 5.48. The lowest BCUT2D eigenvalue weighted by Gasteiger charge is -2.04. The first kappa shape index (κ1) is 12.8. The minimum absolute atomic E-state index is 0.0726. The lowest BCUT2D eigenvalue weighted by Crippen LogP contribution is -2.07. The maximum Gasteiger partial charge on any atom is 0.174 e. The Hall–Kier alpha value is -1.23. The minimum Gasteiger partial charge on any atom is -0.507 e. The third-order valence-electron chi connectivity index (χ3n) is 2.09. The van der Waals surface area contributed by atoms with Crippen LogP contribution >= 0.6 is 15.9 Å². The number of phenols is 1. The number of carbonyl (C=O) groups is 2. The second-order valence-corrected chi connectivity index (χ2v) is 4.13. The molecule has 0 heterocycles. The number of carbonyl (C=O) groups excluding carboxylic acids is 2. The third kappa shape index (κ3) is 2.88. The molecule has 0 bridgehead atoms. The van der Waals surface area contributed by atoms with Gasteiger partial charge in [-0.15, -0.1) is 0 Å². The predicted octanol–water partition coefficient (Wildman–Crippen LogP) is 2.85. The number of hydrogen-bond acceptors (Lipinski definition) is 3. The summed E-state index contributed by atoms with van der Waals surface area (Å²) in [6.07, 6.45) is -0.0728.